The summed E-state index contributed by atoms with van der Waals surface area (Å²) < 4.78 is 0. The van der Waals surface area contributed by atoms with Crippen LogP contribution in [0.15, 0.2) is 24.3 Å². The fourth-order valence-electron chi connectivity index (χ4n) is 2.45. The lowest BCUT2D eigenvalue weighted by atomic mass is 10.0. The first-order valence-corrected chi connectivity index (χ1v) is 6.41. The summed E-state index contributed by atoms with van der Waals surface area (Å²) in [6.07, 6.45) is 4.22. The van der Waals surface area contributed by atoms with Crippen LogP contribution in [0.5, 0.6) is 0 Å². The Labute approximate surface area is 112 Å². The Balaban J connectivity index is 1.98. The fourth-order valence-corrected chi connectivity index (χ4v) is 2.45. The van der Waals surface area contributed by atoms with Crippen LogP contribution in [0.3, 0.4) is 0 Å². The standard InChI is InChI=1S/C14H18N2O3/c1-14(7-2-3-8-14)16-13(19)15-11-6-4-5-10(9-11)12(17)18/h4-6,9H,2-3,7-8H2,1H3,(H,17,18)(H2,15,16,19). The van der Waals surface area contributed by atoms with Gasteiger partial charge in [-0.05, 0) is 38.0 Å². The molecule has 1 aliphatic carbocycles. The van der Waals surface area contributed by atoms with E-state index >= 15 is 0 Å². The molecule has 2 rings (SSSR count). The van der Waals surface area contributed by atoms with Crippen LogP contribution in [0.1, 0.15) is 43.0 Å². The molecule has 5 nitrogen and oxygen atoms in total. The second-order valence-electron chi connectivity index (χ2n) is 5.23. The first-order valence-electron chi connectivity index (χ1n) is 6.41. The lowest BCUT2D eigenvalue weighted by Crippen LogP contribution is -2.45. The van der Waals surface area contributed by atoms with Crippen molar-refractivity contribution in [2.75, 3.05) is 5.32 Å². The third-order valence-corrected chi connectivity index (χ3v) is 3.49. The Morgan fingerprint density at radius 1 is 1.26 bits per heavy atom. The van der Waals surface area contributed by atoms with E-state index in [4.69, 9.17) is 5.11 Å². The van der Waals surface area contributed by atoms with Crippen molar-refractivity contribution in [3.05, 3.63) is 29.8 Å². The van der Waals surface area contributed by atoms with Crippen molar-refractivity contribution in [1.29, 1.82) is 0 Å². The van der Waals surface area contributed by atoms with E-state index in [1.807, 2.05) is 6.92 Å². The van der Waals surface area contributed by atoms with Gasteiger partial charge in [-0.15, -0.1) is 0 Å². The molecule has 0 spiro atoms. The van der Waals surface area contributed by atoms with Crippen molar-refractivity contribution < 1.29 is 14.7 Å². The summed E-state index contributed by atoms with van der Waals surface area (Å²) in [6, 6.07) is 5.93. The zero-order chi connectivity index (χ0) is 13.9. The minimum absolute atomic E-state index is 0.144. The number of carbonyl (C=O) groups excluding carboxylic acids is 1. The molecule has 0 aromatic heterocycles. The van der Waals surface area contributed by atoms with E-state index in [9.17, 15) is 9.59 Å². The number of amides is 2. The summed E-state index contributed by atoms with van der Waals surface area (Å²) in [4.78, 5) is 22.7. The zero-order valence-electron chi connectivity index (χ0n) is 10.9. The number of rotatable bonds is 3. The average Bonchev–Trinajstić information content (AvgIpc) is 2.75. The zero-order valence-corrected chi connectivity index (χ0v) is 10.9. The summed E-state index contributed by atoms with van der Waals surface area (Å²) >= 11 is 0. The quantitative estimate of drug-likeness (QED) is 0.783. The van der Waals surface area contributed by atoms with E-state index in [0.717, 1.165) is 25.7 Å². The van der Waals surface area contributed by atoms with Gasteiger partial charge in [0.2, 0.25) is 0 Å². The number of carbonyl (C=O) groups is 2. The molecule has 5 heteroatoms. The van der Waals surface area contributed by atoms with Gasteiger partial charge in [-0.1, -0.05) is 18.9 Å². The van der Waals surface area contributed by atoms with Crippen LogP contribution in [-0.2, 0) is 0 Å². The van der Waals surface area contributed by atoms with Crippen molar-refractivity contribution in [2.45, 2.75) is 38.1 Å². The number of carboxylic acid groups (broad SMARTS) is 1. The molecule has 19 heavy (non-hydrogen) atoms. The molecule has 1 aromatic rings. The molecule has 0 unspecified atom stereocenters. The molecular formula is C14H18N2O3. The molecule has 1 aromatic carbocycles. The molecule has 0 radical (unpaired) electrons. The number of benzene rings is 1. The Bertz CT molecular complexity index is 493. The predicted molar refractivity (Wildman–Crippen MR) is 72.4 cm³/mol. The monoisotopic (exact) mass is 262 g/mol. The van der Waals surface area contributed by atoms with Crippen molar-refractivity contribution in [2.24, 2.45) is 0 Å². The van der Waals surface area contributed by atoms with Crippen LogP contribution in [0.2, 0.25) is 0 Å². The third-order valence-electron chi connectivity index (χ3n) is 3.49. The largest absolute Gasteiger partial charge is 0.478 e. The third kappa shape index (κ3) is 3.47. The maximum Gasteiger partial charge on any atom is 0.335 e. The minimum Gasteiger partial charge on any atom is -0.478 e. The Morgan fingerprint density at radius 3 is 2.58 bits per heavy atom. The Hall–Kier alpha value is -2.04. The Morgan fingerprint density at radius 2 is 1.95 bits per heavy atom. The molecular weight excluding hydrogens is 244 g/mol. The van der Waals surface area contributed by atoms with E-state index in [1.165, 1.54) is 12.1 Å². The lowest BCUT2D eigenvalue weighted by Gasteiger charge is -2.25. The van der Waals surface area contributed by atoms with Gasteiger partial charge in [0.05, 0.1) is 5.56 Å². The highest BCUT2D eigenvalue weighted by molar-refractivity contribution is 5.93. The first kappa shape index (κ1) is 13.4. The molecule has 0 saturated heterocycles. The second-order valence-corrected chi connectivity index (χ2v) is 5.23. The van der Waals surface area contributed by atoms with Gasteiger partial charge in [0.1, 0.15) is 0 Å². The van der Waals surface area contributed by atoms with Crippen LogP contribution in [0.4, 0.5) is 10.5 Å². The summed E-state index contributed by atoms with van der Waals surface area (Å²) in [7, 11) is 0. The SMILES string of the molecule is CC1(NC(=O)Nc2cccc(C(=O)O)c2)CCCC1. The number of nitrogens with one attached hydrogen (secondary N) is 2. The maximum atomic E-state index is 11.9. The van der Waals surface area contributed by atoms with Gasteiger partial charge in [-0.2, -0.15) is 0 Å². The van der Waals surface area contributed by atoms with E-state index in [1.54, 1.807) is 12.1 Å². The molecule has 1 fully saturated rings. The van der Waals surface area contributed by atoms with Gasteiger partial charge >= 0.3 is 12.0 Å². The van der Waals surface area contributed by atoms with Crippen LogP contribution in [0, 0.1) is 0 Å². The number of urea groups is 1. The van der Waals surface area contributed by atoms with Crippen molar-refractivity contribution in [1.82, 2.24) is 5.32 Å². The maximum absolute atomic E-state index is 11.9. The summed E-state index contributed by atoms with van der Waals surface area (Å²) in [5, 5.41) is 14.5. The number of hydrogen-bond acceptors (Lipinski definition) is 2. The average molecular weight is 262 g/mol. The highest BCUT2D eigenvalue weighted by atomic mass is 16.4. The van der Waals surface area contributed by atoms with Crippen LogP contribution < -0.4 is 10.6 Å². The second kappa shape index (κ2) is 5.30. The molecule has 0 heterocycles. The topological polar surface area (TPSA) is 78.4 Å². The number of aromatic carboxylic acids is 1. The van der Waals surface area contributed by atoms with Crippen LogP contribution in [-0.4, -0.2) is 22.6 Å². The van der Waals surface area contributed by atoms with Gasteiger partial charge in [-0.3, -0.25) is 0 Å². The molecule has 0 aliphatic heterocycles. The normalized spacial score (nSPS) is 16.9. The van der Waals surface area contributed by atoms with Crippen LogP contribution in [0.25, 0.3) is 0 Å². The van der Waals surface area contributed by atoms with Crippen molar-refractivity contribution in [3.8, 4) is 0 Å². The molecule has 102 valence electrons. The van der Waals surface area contributed by atoms with E-state index < -0.39 is 5.97 Å². The molecule has 0 bridgehead atoms. The van der Waals surface area contributed by atoms with Gasteiger partial charge in [0, 0.05) is 11.2 Å². The predicted octanol–water partition coefficient (Wildman–Crippen LogP) is 2.84. The molecule has 2 amide bonds. The van der Waals surface area contributed by atoms with E-state index in [2.05, 4.69) is 10.6 Å². The van der Waals surface area contributed by atoms with Gasteiger partial charge in [0.15, 0.2) is 0 Å². The molecule has 1 aliphatic rings. The highest BCUT2D eigenvalue weighted by Gasteiger charge is 2.30. The fraction of sp³-hybridized carbons (Fsp3) is 0.429. The summed E-state index contributed by atoms with van der Waals surface area (Å²) in [6.45, 7) is 2.03. The van der Waals surface area contributed by atoms with Crippen LogP contribution >= 0.6 is 0 Å². The number of anilines is 1. The first-order chi connectivity index (χ1) is 8.98. The molecule has 3 N–H and O–H groups in total. The highest BCUT2D eigenvalue weighted by Crippen LogP contribution is 2.28. The molecule has 0 atom stereocenters. The van der Waals surface area contributed by atoms with Crippen molar-refractivity contribution in [3.63, 3.8) is 0 Å². The van der Waals surface area contributed by atoms with Crippen molar-refractivity contribution >= 4 is 17.7 Å². The minimum atomic E-state index is -1.01. The summed E-state index contributed by atoms with van der Waals surface area (Å²) in [5.41, 5.74) is 0.498. The van der Waals surface area contributed by atoms with E-state index in [-0.39, 0.29) is 17.1 Å². The van der Waals surface area contributed by atoms with Gasteiger partial charge < -0.3 is 15.7 Å². The van der Waals surface area contributed by atoms with Gasteiger partial charge in [-0.25, -0.2) is 9.59 Å². The summed E-state index contributed by atoms with van der Waals surface area (Å²) in [5.74, 6) is -1.01. The van der Waals surface area contributed by atoms with Gasteiger partial charge in [0.25, 0.3) is 0 Å². The molecule has 1 saturated carbocycles. The number of carboxylic acids is 1. The lowest BCUT2D eigenvalue weighted by molar-refractivity contribution is 0.0697. The Kier molecular flexibility index (Phi) is 3.74. The number of hydrogen-bond donors (Lipinski definition) is 3. The smallest absolute Gasteiger partial charge is 0.335 e. The van der Waals surface area contributed by atoms with E-state index in [0.29, 0.717) is 5.69 Å².